The minimum absolute atomic E-state index is 0.347. The zero-order chi connectivity index (χ0) is 30.0. The molecule has 1 spiro atoms. The van der Waals surface area contributed by atoms with Crippen LogP contribution in [0, 0.1) is 0 Å². The third kappa shape index (κ3) is 3.02. The minimum Gasteiger partial charge on any atom is -0.0888 e. The van der Waals surface area contributed by atoms with Crippen LogP contribution in [-0.4, -0.2) is 0 Å². The maximum Gasteiger partial charge on any atom is 0.0725 e. The summed E-state index contributed by atoms with van der Waals surface area (Å²) in [4.78, 5) is 2.67. The van der Waals surface area contributed by atoms with E-state index in [2.05, 4.69) is 158 Å². The normalized spacial score (nSPS) is 16.3. The molecule has 0 bridgehead atoms. The van der Waals surface area contributed by atoms with E-state index in [9.17, 15) is 0 Å². The van der Waals surface area contributed by atoms with Crippen LogP contribution in [0.3, 0.4) is 0 Å². The fraction of sp³-hybridized carbons (Fsp3) is 0.0222. The van der Waals surface area contributed by atoms with Gasteiger partial charge in [0.1, 0.15) is 0 Å². The highest BCUT2D eigenvalue weighted by Gasteiger charge is 2.51. The molecule has 1 unspecified atom stereocenters. The van der Waals surface area contributed by atoms with Gasteiger partial charge >= 0.3 is 0 Å². The van der Waals surface area contributed by atoms with E-state index in [-0.39, 0.29) is 5.41 Å². The van der Waals surface area contributed by atoms with Crippen molar-refractivity contribution in [3.05, 3.63) is 180 Å². The summed E-state index contributed by atoms with van der Waals surface area (Å²) >= 11 is 1.89. The van der Waals surface area contributed by atoms with E-state index < -0.39 is 0 Å². The highest BCUT2D eigenvalue weighted by Crippen LogP contribution is 2.63. The molecule has 1 atom stereocenters. The van der Waals surface area contributed by atoms with Gasteiger partial charge in [0, 0.05) is 15.2 Å². The second-order valence-corrected chi connectivity index (χ2v) is 13.9. The zero-order valence-corrected chi connectivity index (χ0v) is 25.7. The summed E-state index contributed by atoms with van der Waals surface area (Å²) < 4.78 is 0. The van der Waals surface area contributed by atoms with Gasteiger partial charge in [-0.3, -0.25) is 0 Å². The van der Waals surface area contributed by atoms with E-state index >= 15 is 0 Å². The Balaban J connectivity index is 1.19. The fourth-order valence-corrected chi connectivity index (χ4v) is 9.96. The van der Waals surface area contributed by atoms with Crippen molar-refractivity contribution in [2.45, 2.75) is 15.2 Å². The van der Waals surface area contributed by atoms with Crippen LogP contribution in [0.15, 0.2) is 168 Å². The molecule has 1 heterocycles. The predicted molar refractivity (Wildman–Crippen MR) is 193 cm³/mol. The largest absolute Gasteiger partial charge is 0.0888 e. The first kappa shape index (κ1) is 24.9. The number of hydrogen-bond acceptors (Lipinski definition) is 1. The van der Waals surface area contributed by atoms with Gasteiger partial charge in [0.15, 0.2) is 0 Å². The molecule has 0 amide bonds. The highest BCUT2D eigenvalue weighted by atomic mass is 32.2. The maximum atomic E-state index is 2.47. The smallest absolute Gasteiger partial charge is 0.0725 e. The Hall–Kier alpha value is -5.37. The lowest BCUT2D eigenvalue weighted by Crippen LogP contribution is -2.25. The van der Waals surface area contributed by atoms with Crippen LogP contribution in [0.2, 0.25) is 0 Å². The van der Waals surface area contributed by atoms with E-state index in [1.807, 2.05) is 11.8 Å². The van der Waals surface area contributed by atoms with Crippen molar-refractivity contribution < 1.29 is 0 Å². The molecule has 2 aliphatic carbocycles. The molecule has 0 saturated heterocycles. The molecule has 46 heavy (non-hydrogen) atoms. The van der Waals surface area contributed by atoms with Crippen LogP contribution < -0.4 is 0 Å². The summed E-state index contributed by atoms with van der Waals surface area (Å²) in [6.45, 7) is 0. The average molecular weight is 599 g/mol. The molecule has 0 nitrogen and oxygen atoms in total. The summed E-state index contributed by atoms with van der Waals surface area (Å²) in [6.07, 6.45) is 0. The second-order valence-electron chi connectivity index (χ2n) is 12.8. The summed E-state index contributed by atoms with van der Waals surface area (Å²) in [7, 11) is 0. The van der Waals surface area contributed by atoms with Crippen LogP contribution in [0.5, 0.6) is 0 Å². The van der Waals surface area contributed by atoms with Gasteiger partial charge in [0.25, 0.3) is 0 Å². The molecular formula is C45H26S. The Morgan fingerprint density at radius 3 is 1.78 bits per heavy atom. The highest BCUT2D eigenvalue weighted by molar-refractivity contribution is 7.99. The van der Waals surface area contributed by atoms with Gasteiger partial charge in [0.2, 0.25) is 0 Å². The molecule has 8 aromatic rings. The van der Waals surface area contributed by atoms with Crippen molar-refractivity contribution in [1.29, 1.82) is 0 Å². The van der Waals surface area contributed by atoms with Gasteiger partial charge in [-0.1, -0.05) is 139 Å². The monoisotopic (exact) mass is 598 g/mol. The maximum absolute atomic E-state index is 2.47. The Labute approximate surface area is 272 Å². The standard InChI is InChI=1S/C45H26S/c1-2-11-28-26-41-37(24-27(28)10-1)32-13-4-7-18-39(32)45(41)38-17-6-3-12-31(38)36-25-29(20-22-40(36)45)30-21-23-43-44-34(30)15-9-16-35(44)33-14-5-8-19-42(33)46-43/h1-26H. The average Bonchev–Trinajstić information content (AvgIpc) is 3.57. The molecule has 0 saturated carbocycles. The van der Waals surface area contributed by atoms with Crippen molar-refractivity contribution >= 4 is 33.3 Å². The van der Waals surface area contributed by atoms with Crippen molar-refractivity contribution in [2.75, 3.05) is 0 Å². The first-order chi connectivity index (χ1) is 22.8. The van der Waals surface area contributed by atoms with Crippen LogP contribution in [-0.2, 0) is 5.41 Å². The fourth-order valence-electron chi connectivity index (χ4n) is 8.83. The summed E-state index contributed by atoms with van der Waals surface area (Å²) in [5, 5.41) is 5.27. The topological polar surface area (TPSA) is 0 Å². The minimum atomic E-state index is -0.347. The van der Waals surface area contributed by atoms with Crippen LogP contribution in [0.1, 0.15) is 22.3 Å². The van der Waals surface area contributed by atoms with E-state index in [4.69, 9.17) is 0 Å². The molecule has 8 aromatic carbocycles. The second kappa shape index (κ2) is 8.88. The number of rotatable bonds is 1. The molecule has 1 aliphatic heterocycles. The van der Waals surface area contributed by atoms with E-state index in [1.165, 1.54) is 98.1 Å². The molecule has 0 radical (unpaired) electrons. The van der Waals surface area contributed by atoms with Crippen molar-refractivity contribution in [3.8, 4) is 44.5 Å². The third-order valence-corrected chi connectivity index (χ3v) is 11.8. The Morgan fingerprint density at radius 2 is 0.978 bits per heavy atom. The van der Waals surface area contributed by atoms with Gasteiger partial charge in [-0.05, 0) is 113 Å². The lowest BCUT2D eigenvalue weighted by atomic mass is 9.70. The third-order valence-electron chi connectivity index (χ3n) is 10.7. The Morgan fingerprint density at radius 1 is 0.348 bits per heavy atom. The molecule has 212 valence electrons. The Kier molecular flexibility index (Phi) is 4.80. The molecule has 3 aliphatic rings. The van der Waals surface area contributed by atoms with E-state index in [0.717, 1.165) is 0 Å². The summed E-state index contributed by atoms with van der Waals surface area (Å²) in [5.74, 6) is 0. The van der Waals surface area contributed by atoms with Gasteiger partial charge in [-0.15, -0.1) is 0 Å². The number of benzene rings is 8. The zero-order valence-electron chi connectivity index (χ0n) is 24.9. The van der Waals surface area contributed by atoms with Crippen molar-refractivity contribution in [2.24, 2.45) is 0 Å². The first-order valence-electron chi connectivity index (χ1n) is 16.0. The van der Waals surface area contributed by atoms with Gasteiger partial charge in [0.05, 0.1) is 5.41 Å². The Bertz CT molecular complexity index is 2630. The predicted octanol–water partition coefficient (Wildman–Crippen LogP) is 12.1. The van der Waals surface area contributed by atoms with Crippen LogP contribution in [0.4, 0.5) is 0 Å². The van der Waals surface area contributed by atoms with Crippen LogP contribution >= 0.6 is 11.8 Å². The molecular weight excluding hydrogens is 573 g/mol. The van der Waals surface area contributed by atoms with E-state index in [0.29, 0.717) is 0 Å². The summed E-state index contributed by atoms with van der Waals surface area (Å²) in [6, 6.07) is 59.5. The first-order valence-corrected chi connectivity index (χ1v) is 16.8. The van der Waals surface area contributed by atoms with Crippen molar-refractivity contribution in [3.63, 3.8) is 0 Å². The molecule has 1 heteroatoms. The number of hydrogen-bond donors (Lipinski definition) is 0. The lowest BCUT2D eigenvalue weighted by molar-refractivity contribution is 0.795. The SMILES string of the molecule is c1ccc2c(c1)Sc1ccc(-c3ccc4c(c3)-c3ccccc3C43c4ccccc4-c4cc5ccccc5cc43)c3cccc-2c13. The van der Waals surface area contributed by atoms with Crippen molar-refractivity contribution in [1.82, 2.24) is 0 Å². The van der Waals surface area contributed by atoms with Gasteiger partial charge in [-0.25, -0.2) is 0 Å². The lowest BCUT2D eigenvalue weighted by Gasteiger charge is -2.30. The van der Waals surface area contributed by atoms with Crippen LogP contribution in [0.25, 0.3) is 66.1 Å². The van der Waals surface area contributed by atoms with E-state index in [1.54, 1.807) is 0 Å². The molecule has 11 rings (SSSR count). The van der Waals surface area contributed by atoms with Gasteiger partial charge in [-0.2, -0.15) is 0 Å². The number of fused-ring (bicyclic) bond motifs is 13. The summed E-state index contributed by atoms with van der Waals surface area (Å²) in [5.41, 5.74) is 15.8. The molecule has 0 aromatic heterocycles. The molecule has 0 fully saturated rings. The quantitative estimate of drug-likeness (QED) is 0.181. The molecule has 0 N–H and O–H groups in total. The van der Waals surface area contributed by atoms with Gasteiger partial charge < -0.3 is 0 Å².